The molecule has 0 saturated carbocycles. The number of benzene rings is 1. The monoisotopic (exact) mass is 319 g/mol. The standard InChI is InChI=1S/C15H17N3O5/c1-9(13(20)16-10-5-3-2-4-6-10)23-12(19)8-7-11-14(21)18-15(22)17-11/h2-6,9,11H,7-8H2,1H3,(H,16,20)(H2,17,18,21,22)/t9-,11-/m0/s1. The van der Waals surface area contributed by atoms with Crippen LogP contribution in [0.4, 0.5) is 10.5 Å². The van der Waals surface area contributed by atoms with E-state index >= 15 is 0 Å². The zero-order valence-electron chi connectivity index (χ0n) is 12.5. The van der Waals surface area contributed by atoms with Gasteiger partial charge in [0.1, 0.15) is 6.04 Å². The van der Waals surface area contributed by atoms with Crippen molar-refractivity contribution in [3.63, 3.8) is 0 Å². The number of amides is 4. The van der Waals surface area contributed by atoms with Gasteiger partial charge >= 0.3 is 12.0 Å². The van der Waals surface area contributed by atoms with E-state index in [1.807, 2.05) is 6.07 Å². The van der Waals surface area contributed by atoms with Crippen molar-refractivity contribution in [2.45, 2.75) is 31.9 Å². The average molecular weight is 319 g/mol. The van der Waals surface area contributed by atoms with E-state index in [2.05, 4.69) is 16.0 Å². The predicted molar refractivity (Wildman–Crippen MR) is 80.3 cm³/mol. The third-order valence-electron chi connectivity index (χ3n) is 3.21. The fraction of sp³-hybridized carbons (Fsp3) is 0.333. The maximum atomic E-state index is 11.9. The number of urea groups is 1. The Labute approximate surface area is 132 Å². The van der Waals surface area contributed by atoms with Gasteiger partial charge in [0.2, 0.25) is 0 Å². The molecule has 3 N–H and O–H groups in total. The molecular formula is C15H17N3O5. The highest BCUT2D eigenvalue weighted by Gasteiger charge is 2.30. The van der Waals surface area contributed by atoms with Crippen LogP contribution >= 0.6 is 0 Å². The van der Waals surface area contributed by atoms with E-state index in [0.717, 1.165) is 0 Å². The van der Waals surface area contributed by atoms with Gasteiger partial charge in [-0.15, -0.1) is 0 Å². The number of hydrogen-bond donors (Lipinski definition) is 3. The maximum absolute atomic E-state index is 11.9. The second-order valence-corrected chi connectivity index (χ2v) is 5.04. The number of hydrogen-bond acceptors (Lipinski definition) is 5. The first-order valence-electron chi connectivity index (χ1n) is 7.12. The Kier molecular flexibility index (Phi) is 5.29. The van der Waals surface area contributed by atoms with Crippen molar-refractivity contribution in [3.8, 4) is 0 Å². The molecule has 2 atom stereocenters. The number of nitrogens with one attached hydrogen (secondary N) is 3. The van der Waals surface area contributed by atoms with Crippen LogP contribution in [0.2, 0.25) is 0 Å². The molecule has 8 nitrogen and oxygen atoms in total. The Hall–Kier alpha value is -2.90. The van der Waals surface area contributed by atoms with Crippen LogP contribution in [-0.4, -0.2) is 36.0 Å². The van der Waals surface area contributed by atoms with E-state index in [4.69, 9.17) is 4.74 Å². The van der Waals surface area contributed by atoms with Crippen LogP contribution in [-0.2, 0) is 19.1 Å². The first kappa shape index (κ1) is 16.5. The van der Waals surface area contributed by atoms with E-state index in [9.17, 15) is 19.2 Å². The molecule has 0 aromatic heterocycles. The summed E-state index contributed by atoms with van der Waals surface area (Å²) in [5.74, 6) is -1.54. The zero-order valence-corrected chi connectivity index (χ0v) is 12.5. The molecular weight excluding hydrogens is 302 g/mol. The van der Waals surface area contributed by atoms with Gasteiger partial charge in [-0.25, -0.2) is 4.79 Å². The Morgan fingerprint density at radius 2 is 1.96 bits per heavy atom. The van der Waals surface area contributed by atoms with Gasteiger partial charge in [-0.1, -0.05) is 18.2 Å². The molecule has 2 rings (SSSR count). The Bertz CT molecular complexity index is 617. The second kappa shape index (κ2) is 7.39. The number of carbonyl (C=O) groups excluding carboxylic acids is 4. The highest BCUT2D eigenvalue weighted by atomic mass is 16.5. The first-order chi connectivity index (χ1) is 11.0. The molecule has 4 amide bonds. The molecule has 1 fully saturated rings. The van der Waals surface area contributed by atoms with Gasteiger partial charge in [-0.2, -0.15) is 0 Å². The van der Waals surface area contributed by atoms with Crippen molar-refractivity contribution in [2.75, 3.05) is 5.32 Å². The van der Waals surface area contributed by atoms with Gasteiger partial charge in [0.05, 0.1) is 0 Å². The lowest BCUT2D eigenvalue weighted by Gasteiger charge is -2.14. The third-order valence-corrected chi connectivity index (χ3v) is 3.21. The van der Waals surface area contributed by atoms with E-state index in [1.165, 1.54) is 6.92 Å². The number of imide groups is 1. The van der Waals surface area contributed by atoms with Gasteiger partial charge in [0, 0.05) is 12.1 Å². The number of rotatable bonds is 6. The van der Waals surface area contributed by atoms with Crippen LogP contribution in [0.5, 0.6) is 0 Å². The van der Waals surface area contributed by atoms with Crippen LogP contribution in [0.15, 0.2) is 30.3 Å². The number of anilines is 1. The van der Waals surface area contributed by atoms with Crippen LogP contribution < -0.4 is 16.0 Å². The molecule has 8 heteroatoms. The van der Waals surface area contributed by atoms with Crippen molar-refractivity contribution in [1.82, 2.24) is 10.6 Å². The molecule has 0 aliphatic carbocycles. The van der Waals surface area contributed by atoms with Gasteiger partial charge in [-0.3, -0.25) is 19.7 Å². The SMILES string of the molecule is C[C@H](OC(=O)CC[C@@H]1NC(=O)NC1=O)C(=O)Nc1ccccc1. The summed E-state index contributed by atoms with van der Waals surface area (Å²) in [4.78, 5) is 45.9. The fourth-order valence-corrected chi connectivity index (χ4v) is 2.00. The minimum Gasteiger partial charge on any atom is -0.453 e. The average Bonchev–Trinajstić information content (AvgIpc) is 2.84. The molecule has 23 heavy (non-hydrogen) atoms. The summed E-state index contributed by atoms with van der Waals surface area (Å²) < 4.78 is 5.01. The van der Waals surface area contributed by atoms with Crippen LogP contribution in [0, 0.1) is 0 Å². The summed E-state index contributed by atoms with van der Waals surface area (Å²) in [7, 11) is 0. The topological polar surface area (TPSA) is 114 Å². The minimum absolute atomic E-state index is 0.0820. The lowest BCUT2D eigenvalue weighted by molar-refractivity contribution is -0.153. The summed E-state index contributed by atoms with van der Waals surface area (Å²) in [5, 5.41) is 7.07. The van der Waals surface area contributed by atoms with Crippen LogP contribution in [0.25, 0.3) is 0 Å². The number of para-hydroxylation sites is 1. The Morgan fingerprint density at radius 3 is 2.57 bits per heavy atom. The molecule has 1 aromatic carbocycles. The molecule has 1 aliphatic rings. The second-order valence-electron chi connectivity index (χ2n) is 5.04. The van der Waals surface area contributed by atoms with E-state index in [0.29, 0.717) is 5.69 Å². The molecule has 0 unspecified atom stereocenters. The Balaban J connectivity index is 1.75. The largest absolute Gasteiger partial charge is 0.453 e. The smallest absolute Gasteiger partial charge is 0.322 e. The molecule has 0 bridgehead atoms. The number of ether oxygens (including phenoxy) is 1. The van der Waals surface area contributed by atoms with Crippen molar-refractivity contribution >= 4 is 29.5 Å². The van der Waals surface area contributed by atoms with Crippen molar-refractivity contribution in [3.05, 3.63) is 30.3 Å². The van der Waals surface area contributed by atoms with Crippen molar-refractivity contribution in [2.24, 2.45) is 0 Å². The molecule has 1 heterocycles. The molecule has 1 aliphatic heterocycles. The van der Waals surface area contributed by atoms with E-state index in [-0.39, 0.29) is 12.8 Å². The summed E-state index contributed by atoms with van der Waals surface area (Å²) in [5.41, 5.74) is 0.603. The first-order valence-corrected chi connectivity index (χ1v) is 7.12. The van der Waals surface area contributed by atoms with Crippen LogP contribution in [0.1, 0.15) is 19.8 Å². The normalized spacial score (nSPS) is 17.9. The molecule has 0 radical (unpaired) electrons. The highest BCUT2D eigenvalue weighted by molar-refractivity contribution is 6.04. The van der Waals surface area contributed by atoms with E-state index < -0.39 is 36.0 Å². The van der Waals surface area contributed by atoms with Gasteiger partial charge in [-0.05, 0) is 25.5 Å². The minimum atomic E-state index is -0.963. The summed E-state index contributed by atoms with van der Waals surface area (Å²) in [6.07, 6.45) is -0.931. The van der Waals surface area contributed by atoms with Crippen molar-refractivity contribution < 1.29 is 23.9 Å². The highest BCUT2D eigenvalue weighted by Crippen LogP contribution is 2.08. The summed E-state index contributed by atoms with van der Waals surface area (Å²) >= 11 is 0. The van der Waals surface area contributed by atoms with Crippen molar-refractivity contribution in [1.29, 1.82) is 0 Å². The molecule has 122 valence electrons. The summed E-state index contributed by atoms with van der Waals surface area (Å²) in [6, 6.07) is 7.46. The van der Waals surface area contributed by atoms with Gasteiger partial charge in [0.15, 0.2) is 6.10 Å². The summed E-state index contributed by atoms with van der Waals surface area (Å²) in [6.45, 7) is 1.46. The predicted octanol–water partition coefficient (Wildman–Crippen LogP) is 0.545. The molecule has 1 saturated heterocycles. The van der Waals surface area contributed by atoms with Crippen LogP contribution in [0.3, 0.4) is 0 Å². The molecule has 0 spiro atoms. The quantitative estimate of drug-likeness (QED) is 0.523. The molecule has 1 aromatic rings. The lowest BCUT2D eigenvalue weighted by Crippen LogP contribution is -2.32. The van der Waals surface area contributed by atoms with E-state index in [1.54, 1.807) is 24.3 Å². The number of carbonyl (C=O) groups is 4. The van der Waals surface area contributed by atoms with Gasteiger partial charge < -0.3 is 15.4 Å². The third kappa shape index (κ3) is 4.80. The fourth-order valence-electron chi connectivity index (χ4n) is 2.00. The lowest BCUT2D eigenvalue weighted by atomic mass is 10.1. The zero-order chi connectivity index (χ0) is 16.8. The van der Waals surface area contributed by atoms with Gasteiger partial charge in [0.25, 0.3) is 11.8 Å². The number of esters is 1. The Morgan fingerprint density at radius 1 is 1.26 bits per heavy atom. The maximum Gasteiger partial charge on any atom is 0.322 e.